The fourth-order valence-electron chi connectivity index (χ4n) is 4.93. The van der Waals surface area contributed by atoms with E-state index in [-0.39, 0.29) is 30.1 Å². The number of likely N-dealkylation sites (tertiary alicyclic amines) is 1. The molecule has 9 heteroatoms. The number of benzene rings is 1. The molecule has 194 valence electrons. The van der Waals surface area contributed by atoms with Crippen molar-refractivity contribution in [3.63, 3.8) is 0 Å². The predicted molar refractivity (Wildman–Crippen MR) is 142 cm³/mol. The van der Waals surface area contributed by atoms with E-state index in [9.17, 15) is 14.4 Å². The molecule has 1 aliphatic heterocycles. The van der Waals surface area contributed by atoms with Gasteiger partial charge in [-0.15, -0.1) is 0 Å². The molecule has 0 N–H and O–H groups in total. The van der Waals surface area contributed by atoms with Gasteiger partial charge >= 0.3 is 0 Å². The highest BCUT2D eigenvalue weighted by molar-refractivity contribution is 6.12. The summed E-state index contributed by atoms with van der Waals surface area (Å²) in [6.07, 6.45) is 4.56. The number of imide groups is 1. The molecule has 37 heavy (non-hydrogen) atoms. The van der Waals surface area contributed by atoms with Crippen LogP contribution in [0.4, 0.5) is 11.6 Å². The maximum Gasteiger partial charge on any atom is 0.252 e. The molecule has 0 spiro atoms. The summed E-state index contributed by atoms with van der Waals surface area (Å²) in [6, 6.07) is 14.4. The van der Waals surface area contributed by atoms with Gasteiger partial charge in [-0.25, -0.2) is 4.98 Å². The number of aromatic nitrogens is 3. The summed E-state index contributed by atoms with van der Waals surface area (Å²) in [4.78, 5) is 49.6. The van der Waals surface area contributed by atoms with E-state index < -0.39 is 12.0 Å². The van der Waals surface area contributed by atoms with Gasteiger partial charge in [0.1, 0.15) is 17.7 Å². The highest BCUT2D eigenvalue weighted by Gasteiger charge is 2.55. The van der Waals surface area contributed by atoms with Gasteiger partial charge in [0.2, 0.25) is 11.8 Å². The third kappa shape index (κ3) is 5.26. The van der Waals surface area contributed by atoms with Gasteiger partial charge in [0.15, 0.2) is 0 Å². The monoisotopic (exact) mass is 502 g/mol. The molecule has 0 unspecified atom stereocenters. The lowest BCUT2D eigenvalue weighted by molar-refractivity contribution is -0.170. The minimum atomic E-state index is -0.885. The zero-order valence-electron chi connectivity index (χ0n) is 22.0. The SMILES string of the molecule is CC[C@@H](CC(=O)N1C(=O)[C@H](Cc2ccnc(N(C)C)c2)[C@H]1C(=O)N(C)c1ccnn1C)c1ccccc1. The van der Waals surface area contributed by atoms with E-state index in [1.54, 1.807) is 37.2 Å². The quantitative estimate of drug-likeness (QED) is 0.418. The molecule has 1 saturated heterocycles. The van der Waals surface area contributed by atoms with Crippen LogP contribution in [0.3, 0.4) is 0 Å². The van der Waals surface area contributed by atoms with Crippen molar-refractivity contribution < 1.29 is 14.4 Å². The van der Waals surface area contributed by atoms with Crippen LogP contribution in [-0.2, 0) is 27.9 Å². The average molecular weight is 503 g/mol. The van der Waals surface area contributed by atoms with Gasteiger partial charge in [-0.3, -0.25) is 28.9 Å². The van der Waals surface area contributed by atoms with Crippen LogP contribution in [0, 0.1) is 5.92 Å². The summed E-state index contributed by atoms with van der Waals surface area (Å²) in [5.41, 5.74) is 1.94. The highest BCUT2D eigenvalue weighted by Crippen LogP contribution is 2.35. The largest absolute Gasteiger partial charge is 0.363 e. The summed E-state index contributed by atoms with van der Waals surface area (Å²) in [6.45, 7) is 2.02. The molecular weight excluding hydrogens is 468 g/mol. The number of likely N-dealkylation sites (N-methyl/N-ethyl adjacent to an activating group) is 1. The lowest BCUT2D eigenvalue weighted by atomic mass is 9.80. The molecule has 9 nitrogen and oxygen atoms in total. The van der Waals surface area contributed by atoms with Crippen LogP contribution < -0.4 is 9.80 Å². The Labute approximate surface area is 217 Å². The molecular formula is C28H34N6O3. The van der Waals surface area contributed by atoms with Crippen LogP contribution in [0.15, 0.2) is 60.9 Å². The lowest BCUT2D eigenvalue weighted by Gasteiger charge is -2.46. The molecule has 4 rings (SSSR count). The Morgan fingerprint density at radius 1 is 1.05 bits per heavy atom. The number of pyridine rings is 1. The summed E-state index contributed by atoms with van der Waals surface area (Å²) >= 11 is 0. The lowest BCUT2D eigenvalue weighted by Crippen LogP contribution is -2.69. The van der Waals surface area contributed by atoms with Crippen LogP contribution >= 0.6 is 0 Å². The number of aryl methyl sites for hydroxylation is 1. The van der Waals surface area contributed by atoms with Crippen molar-refractivity contribution in [3.05, 3.63) is 72.1 Å². The van der Waals surface area contributed by atoms with Gasteiger partial charge in [0.25, 0.3) is 5.91 Å². The molecule has 0 saturated carbocycles. The zero-order valence-corrected chi connectivity index (χ0v) is 22.0. The van der Waals surface area contributed by atoms with Gasteiger partial charge in [0.05, 0.1) is 12.1 Å². The number of rotatable bonds is 9. The molecule has 2 aromatic heterocycles. The number of carbonyl (C=O) groups excluding carboxylic acids is 3. The van der Waals surface area contributed by atoms with Crippen molar-refractivity contribution in [2.75, 3.05) is 30.9 Å². The molecule has 1 aliphatic rings. The molecule has 3 atom stereocenters. The van der Waals surface area contributed by atoms with Crippen LogP contribution in [0.25, 0.3) is 0 Å². The van der Waals surface area contributed by atoms with Crippen LogP contribution in [0.5, 0.6) is 0 Å². The summed E-state index contributed by atoms with van der Waals surface area (Å²) in [5.74, 6) is -0.262. The first-order valence-corrected chi connectivity index (χ1v) is 12.5. The first kappa shape index (κ1) is 26.1. The maximum absolute atomic E-state index is 13.8. The third-order valence-electron chi connectivity index (χ3n) is 7.11. The van der Waals surface area contributed by atoms with E-state index in [4.69, 9.17) is 0 Å². The van der Waals surface area contributed by atoms with Gasteiger partial charge in [-0.1, -0.05) is 37.3 Å². The average Bonchev–Trinajstić information content (AvgIpc) is 3.34. The zero-order chi connectivity index (χ0) is 26.7. The molecule has 3 aromatic rings. The first-order valence-electron chi connectivity index (χ1n) is 12.5. The predicted octanol–water partition coefficient (Wildman–Crippen LogP) is 3.02. The number of amides is 3. The van der Waals surface area contributed by atoms with Gasteiger partial charge in [-0.2, -0.15) is 5.10 Å². The van der Waals surface area contributed by atoms with Gasteiger partial charge in [-0.05, 0) is 42.0 Å². The Morgan fingerprint density at radius 3 is 2.41 bits per heavy atom. The minimum Gasteiger partial charge on any atom is -0.363 e. The van der Waals surface area contributed by atoms with Crippen molar-refractivity contribution >= 4 is 29.4 Å². The Balaban J connectivity index is 1.61. The van der Waals surface area contributed by atoms with Crippen LogP contribution in [-0.4, -0.2) is 64.6 Å². The molecule has 0 bridgehead atoms. The molecule has 1 aromatic carbocycles. The second-order valence-corrected chi connectivity index (χ2v) is 9.70. The van der Waals surface area contributed by atoms with Crippen molar-refractivity contribution in [2.24, 2.45) is 13.0 Å². The number of nitrogens with zero attached hydrogens (tertiary/aromatic N) is 6. The first-order chi connectivity index (χ1) is 17.7. The van der Waals surface area contributed by atoms with Crippen LogP contribution in [0.1, 0.15) is 36.8 Å². The molecule has 3 amide bonds. The standard InChI is InChI=1S/C28H34N6O3/c1-6-20(21-10-8-7-9-11-21)18-25(35)34-26(28(37)32(4)24-13-15-30-33(24)5)22(27(34)36)16-19-12-14-29-23(17-19)31(2)3/h7-15,17,20,22,26H,6,16,18H2,1-5H3/t20-,22+,26-/m0/s1. The van der Waals surface area contributed by atoms with Crippen LogP contribution in [0.2, 0.25) is 0 Å². The second kappa shape index (κ2) is 10.9. The second-order valence-electron chi connectivity index (χ2n) is 9.70. The van der Waals surface area contributed by atoms with E-state index in [0.717, 1.165) is 23.4 Å². The van der Waals surface area contributed by atoms with E-state index in [2.05, 4.69) is 10.1 Å². The van der Waals surface area contributed by atoms with E-state index in [1.807, 2.05) is 68.4 Å². The number of carbonyl (C=O) groups is 3. The third-order valence-corrected chi connectivity index (χ3v) is 7.11. The minimum absolute atomic E-state index is 0.0334. The Morgan fingerprint density at radius 2 is 1.78 bits per heavy atom. The molecule has 1 fully saturated rings. The van der Waals surface area contributed by atoms with Crippen molar-refractivity contribution in [2.45, 2.75) is 38.1 Å². The Bertz CT molecular complexity index is 1270. The Hall–Kier alpha value is -4.01. The highest BCUT2D eigenvalue weighted by atomic mass is 16.2. The van der Waals surface area contributed by atoms with Crippen molar-refractivity contribution in [1.29, 1.82) is 0 Å². The number of β-lactam (4-membered cyclic amide) rings is 1. The number of hydrogen-bond donors (Lipinski definition) is 0. The van der Waals surface area contributed by atoms with Gasteiger partial charge < -0.3 is 4.90 Å². The summed E-state index contributed by atoms with van der Waals surface area (Å²) < 4.78 is 1.59. The van der Waals surface area contributed by atoms with Crippen molar-refractivity contribution in [1.82, 2.24) is 19.7 Å². The van der Waals surface area contributed by atoms with E-state index in [0.29, 0.717) is 12.2 Å². The Kier molecular flexibility index (Phi) is 7.71. The maximum atomic E-state index is 13.8. The fourth-order valence-corrected chi connectivity index (χ4v) is 4.93. The normalized spacial score (nSPS) is 17.8. The number of anilines is 2. The topological polar surface area (TPSA) is 91.6 Å². The molecule has 0 radical (unpaired) electrons. The summed E-state index contributed by atoms with van der Waals surface area (Å²) in [5, 5.41) is 4.15. The van der Waals surface area contributed by atoms with E-state index in [1.165, 1.54) is 9.80 Å². The fraction of sp³-hybridized carbons (Fsp3) is 0.393. The van der Waals surface area contributed by atoms with Gasteiger partial charge in [0, 0.05) is 46.9 Å². The smallest absolute Gasteiger partial charge is 0.252 e. The molecule has 0 aliphatic carbocycles. The van der Waals surface area contributed by atoms with Crippen molar-refractivity contribution in [3.8, 4) is 0 Å². The number of hydrogen-bond acceptors (Lipinski definition) is 6. The molecule has 3 heterocycles. The van der Waals surface area contributed by atoms with E-state index >= 15 is 0 Å². The summed E-state index contributed by atoms with van der Waals surface area (Å²) in [7, 11) is 7.19.